The standard InChI is InChI=1S/C18H14N2O5/c1-25-14-4-2-3-12(10-14)20-17(23)15(16(22)19-18(20)24)9-11-5-7-13(21)8-6-11/h2-10,21H,1H3,(H,19,22,24)/b15-9-. The zero-order valence-electron chi connectivity index (χ0n) is 13.2. The highest BCUT2D eigenvalue weighted by molar-refractivity contribution is 6.39. The molecule has 2 aromatic carbocycles. The first-order chi connectivity index (χ1) is 12.0. The smallest absolute Gasteiger partial charge is 0.335 e. The third-order valence-electron chi connectivity index (χ3n) is 3.62. The van der Waals surface area contributed by atoms with Crippen LogP contribution in [0.1, 0.15) is 5.56 Å². The van der Waals surface area contributed by atoms with Crippen LogP contribution in [0, 0.1) is 0 Å². The molecule has 7 heteroatoms. The molecule has 2 N–H and O–H groups in total. The van der Waals surface area contributed by atoms with Gasteiger partial charge in [0.25, 0.3) is 11.8 Å². The summed E-state index contributed by atoms with van der Waals surface area (Å²) in [4.78, 5) is 37.8. The van der Waals surface area contributed by atoms with E-state index in [1.54, 1.807) is 30.3 Å². The number of nitrogens with zero attached hydrogens (tertiary/aromatic N) is 1. The van der Waals surface area contributed by atoms with Gasteiger partial charge in [0.1, 0.15) is 17.1 Å². The first-order valence-corrected chi connectivity index (χ1v) is 7.34. The van der Waals surface area contributed by atoms with Crippen molar-refractivity contribution in [3.63, 3.8) is 0 Å². The third-order valence-corrected chi connectivity index (χ3v) is 3.62. The van der Waals surface area contributed by atoms with E-state index in [1.165, 1.54) is 31.4 Å². The molecule has 1 aliphatic rings. The summed E-state index contributed by atoms with van der Waals surface area (Å²) in [6.45, 7) is 0. The number of methoxy groups -OCH3 is 1. The lowest BCUT2D eigenvalue weighted by Gasteiger charge is -2.26. The highest BCUT2D eigenvalue weighted by Gasteiger charge is 2.36. The Labute approximate surface area is 143 Å². The quantitative estimate of drug-likeness (QED) is 0.660. The molecule has 7 nitrogen and oxygen atoms in total. The van der Waals surface area contributed by atoms with Gasteiger partial charge in [-0.3, -0.25) is 14.9 Å². The van der Waals surface area contributed by atoms with E-state index >= 15 is 0 Å². The Morgan fingerprint density at radius 3 is 2.48 bits per heavy atom. The van der Waals surface area contributed by atoms with Gasteiger partial charge in [-0.25, -0.2) is 9.69 Å². The summed E-state index contributed by atoms with van der Waals surface area (Å²) < 4.78 is 5.10. The van der Waals surface area contributed by atoms with E-state index in [0.29, 0.717) is 11.3 Å². The van der Waals surface area contributed by atoms with Crippen molar-refractivity contribution < 1.29 is 24.2 Å². The summed E-state index contributed by atoms with van der Waals surface area (Å²) in [7, 11) is 1.47. The second-order valence-corrected chi connectivity index (χ2v) is 5.25. The van der Waals surface area contributed by atoms with Crippen LogP contribution in [0.4, 0.5) is 10.5 Å². The number of phenols is 1. The van der Waals surface area contributed by atoms with Crippen molar-refractivity contribution in [2.75, 3.05) is 12.0 Å². The van der Waals surface area contributed by atoms with Gasteiger partial charge in [-0.05, 0) is 35.9 Å². The normalized spacial score (nSPS) is 16.1. The van der Waals surface area contributed by atoms with Crippen LogP contribution < -0.4 is 15.0 Å². The van der Waals surface area contributed by atoms with Gasteiger partial charge in [-0.1, -0.05) is 18.2 Å². The number of hydrogen-bond acceptors (Lipinski definition) is 5. The number of carbonyl (C=O) groups is 3. The minimum atomic E-state index is -0.828. The number of nitrogens with one attached hydrogen (secondary N) is 1. The topological polar surface area (TPSA) is 95.9 Å². The van der Waals surface area contributed by atoms with Gasteiger partial charge in [0.2, 0.25) is 0 Å². The molecule has 0 spiro atoms. The lowest BCUT2D eigenvalue weighted by atomic mass is 10.1. The molecule has 1 fully saturated rings. The SMILES string of the molecule is COc1cccc(N2C(=O)NC(=O)/C(=C/c3ccc(O)cc3)C2=O)c1. The molecule has 0 aliphatic carbocycles. The lowest BCUT2D eigenvalue weighted by Crippen LogP contribution is -2.54. The van der Waals surface area contributed by atoms with Gasteiger partial charge in [-0.2, -0.15) is 0 Å². The molecule has 4 amide bonds. The van der Waals surface area contributed by atoms with E-state index in [-0.39, 0.29) is 17.0 Å². The highest BCUT2D eigenvalue weighted by Crippen LogP contribution is 2.25. The second-order valence-electron chi connectivity index (χ2n) is 5.25. The maximum Gasteiger partial charge on any atom is 0.335 e. The van der Waals surface area contributed by atoms with Crippen LogP contribution in [0.5, 0.6) is 11.5 Å². The number of anilines is 1. The number of barbiturate groups is 1. The number of carbonyl (C=O) groups excluding carboxylic acids is 3. The van der Waals surface area contributed by atoms with Gasteiger partial charge in [-0.15, -0.1) is 0 Å². The zero-order valence-corrected chi connectivity index (χ0v) is 13.2. The number of benzene rings is 2. The van der Waals surface area contributed by atoms with Crippen molar-refractivity contribution in [1.29, 1.82) is 0 Å². The largest absolute Gasteiger partial charge is 0.508 e. The fraction of sp³-hybridized carbons (Fsp3) is 0.0556. The predicted molar refractivity (Wildman–Crippen MR) is 90.1 cm³/mol. The molecule has 126 valence electrons. The second kappa shape index (κ2) is 6.48. The van der Waals surface area contributed by atoms with Crippen LogP contribution in [0.3, 0.4) is 0 Å². The Hall–Kier alpha value is -3.61. The van der Waals surface area contributed by atoms with Gasteiger partial charge in [0, 0.05) is 6.07 Å². The maximum atomic E-state index is 12.7. The monoisotopic (exact) mass is 338 g/mol. The molecule has 0 radical (unpaired) electrons. The lowest BCUT2D eigenvalue weighted by molar-refractivity contribution is -0.122. The molecule has 1 aliphatic heterocycles. The fourth-order valence-electron chi connectivity index (χ4n) is 2.38. The summed E-state index contributed by atoms with van der Waals surface area (Å²) in [5.74, 6) is -0.980. The minimum Gasteiger partial charge on any atom is -0.508 e. The van der Waals surface area contributed by atoms with Gasteiger partial charge >= 0.3 is 6.03 Å². The summed E-state index contributed by atoms with van der Waals surface area (Å²) >= 11 is 0. The first-order valence-electron chi connectivity index (χ1n) is 7.34. The average molecular weight is 338 g/mol. The molecule has 3 rings (SSSR count). The van der Waals surface area contributed by atoms with E-state index in [4.69, 9.17) is 4.74 Å². The van der Waals surface area contributed by atoms with Crippen LogP contribution in [-0.2, 0) is 9.59 Å². The maximum absolute atomic E-state index is 12.7. The fourth-order valence-corrected chi connectivity index (χ4v) is 2.38. The van der Waals surface area contributed by atoms with Crippen LogP contribution in [-0.4, -0.2) is 30.1 Å². The molecule has 1 heterocycles. The molecule has 1 saturated heterocycles. The van der Waals surface area contributed by atoms with Crippen molar-refractivity contribution in [1.82, 2.24) is 5.32 Å². The van der Waals surface area contributed by atoms with E-state index < -0.39 is 17.8 Å². The minimum absolute atomic E-state index is 0.0646. The number of hydrogen-bond donors (Lipinski definition) is 2. The summed E-state index contributed by atoms with van der Waals surface area (Å²) in [6.07, 6.45) is 1.36. The van der Waals surface area contributed by atoms with Crippen molar-refractivity contribution in [3.8, 4) is 11.5 Å². The summed E-state index contributed by atoms with van der Waals surface area (Å²) in [5, 5.41) is 11.5. The van der Waals surface area contributed by atoms with Crippen molar-refractivity contribution in [2.45, 2.75) is 0 Å². The average Bonchev–Trinajstić information content (AvgIpc) is 2.60. The van der Waals surface area contributed by atoms with Crippen molar-refractivity contribution in [2.24, 2.45) is 0 Å². The molecule has 0 unspecified atom stereocenters. The van der Waals surface area contributed by atoms with Gasteiger partial charge in [0.05, 0.1) is 12.8 Å². The molecular weight excluding hydrogens is 324 g/mol. The number of phenolic OH excluding ortho intramolecular Hbond substituents is 1. The van der Waals surface area contributed by atoms with E-state index in [1.807, 2.05) is 0 Å². The molecule has 0 saturated carbocycles. The van der Waals surface area contributed by atoms with E-state index in [2.05, 4.69) is 5.32 Å². The van der Waals surface area contributed by atoms with Crippen molar-refractivity contribution in [3.05, 3.63) is 59.7 Å². The Kier molecular flexibility index (Phi) is 4.21. The van der Waals surface area contributed by atoms with Crippen LogP contribution in [0.25, 0.3) is 6.08 Å². The summed E-state index contributed by atoms with van der Waals surface area (Å²) in [5.41, 5.74) is 0.635. The Balaban J connectivity index is 2.00. The molecule has 0 atom stereocenters. The third kappa shape index (κ3) is 3.20. The number of rotatable bonds is 3. The predicted octanol–water partition coefficient (Wildman–Crippen LogP) is 2.07. The zero-order chi connectivity index (χ0) is 18.0. The molecule has 25 heavy (non-hydrogen) atoms. The Morgan fingerprint density at radius 2 is 1.80 bits per heavy atom. The number of aromatic hydroxyl groups is 1. The number of amides is 4. The highest BCUT2D eigenvalue weighted by atomic mass is 16.5. The van der Waals surface area contributed by atoms with E-state index in [0.717, 1.165) is 4.90 Å². The van der Waals surface area contributed by atoms with Crippen LogP contribution >= 0.6 is 0 Å². The van der Waals surface area contributed by atoms with Gasteiger partial charge < -0.3 is 9.84 Å². The first kappa shape index (κ1) is 16.3. The number of imide groups is 2. The van der Waals surface area contributed by atoms with Crippen LogP contribution in [0.15, 0.2) is 54.1 Å². The Bertz CT molecular complexity index is 887. The Morgan fingerprint density at radius 1 is 1.08 bits per heavy atom. The molecule has 0 aromatic heterocycles. The molecule has 0 bridgehead atoms. The van der Waals surface area contributed by atoms with Gasteiger partial charge in [0.15, 0.2) is 0 Å². The van der Waals surface area contributed by atoms with Crippen molar-refractivity contribution >= 4 is 29.6 Å². The number of urea groups is 1. The molecular formula is C18H14N2O5. The van der Waals surface area contributed by atoms with E-state index in [9.17, 15) is 19.5 Å². The van der Waals surface area contributed by atoms with Crippen LogP contribution in [0.2, 0.25) is 0 Å². The summed E-state index contributed by atoms with van der Waals surface area (Å²) in [6, 6.07) is 11.5. The molecule has 2 aromatic rings. The number of ether oxygens (including phenoxy) is 1.